The molecule has 0 unspecified atom stereocenters. The maximum absolute atomic E-state index is 13.0. The van der Waals surface area contributed by atoms with Crippen LogP contribution in [0.5, 0.6) is 17.2 Å². The van der Waals surface area contributed by atoms with Gasteiger partial charge in [-0.1, -0.05) is 6.07 Å². The summed E-state index contributed by atoms with van der Waals surface area (Å²) in [4.78, 5) is 6.33. The first-order valence-corrected chi connectivity index (χ1v) is 11.1. The molecule has 7 nitrogen and oxygen atoms in total. The van der Waals surface area contributed by atoms with E-state index in [9.17, 15) is 9.50 Å². The van der Waals surface area contributed by atoms with E-state index in [-0.39, 0.29) is 12.4 Å². The van der Waals surface area contributed by atoms with Crippen molar-refractivity contribution in [2.24, 2.45) is 0 Å². The minimum atomic E-state index is -0.879. The van der Waals surface area contributed by atoms with Crippen molar-refractivity contribution >= 4 is 0 Å². The van der Waals surface area contributed by atoms with Crippen LogP contribution in [0.3, 0.4) is 0 Å². The summed E-state index contributed by atoms with van der Waals surface area (Å²) in [7, 11) is 1.64. The Hall–Kier alpha value is -3.10. The van der Waals surface area contributed by atoms with E-state index in [1.807, 2.05) is 29.0 Å². The summed E-state index contributed by atoms with van der Waals surface area (Å²) in [5.74, 6) is 1.68. The number of piperidine rings is 1. The van der Waals surface area contributed by atoms with E-state index in [0.29, 0.717) is 43.2 Å². The second-order valence-electron chi connectivity index (χ2n) is 8.38. The molecular formula is C25H30FN3O4. The van der Waals surface area contributed by atoms with Crippen LogP contribution in [-0.2, 0) is 13.1 Å². The number of hydrogen-bond acceptors (Lipinski definition) is 6. The number of benzene rings is 2. The van der Waals surface area contributed by atoms with Crippen LogP contribution in [-0.4, -0.2) is 58.6 Å². The van der Waals surface area contributed by atoms with Gasteiger partial charge in [-0.05, 0) is 54.8 Å². The van der Waals surface area contributed by atoms with Crippen LogP contribution < -0.4 is 14.2 Å². The standard InChI is InChI=1S/C25H30FN3O4/c1-31-24-16-20(2-7-23(24)32-15-14-29-13-10-27-19-29)17-28-11-8-25(30,9-12-28)18-33-22-5-3-21(26)4-6-22/h2-7,10,13,16,19,30H,8-9,11-12,14-15,17-18H2,1H3. The van der Waals surface area contributed by atoms with Gasteiger partial charge in [-0.15, -0.1) is 0 Å². The predicted molar refractivity (Wildman–Crippen MR) is 122 cm³/mol. The van der Waals surface area contributed by atoms with Gasteiger partial charge in [-0.25, -0.2) is 9.37 Å². The summed E-state index contributed by atoms with van der Waals surface area (Å²) in [6, 6.07) is 11.9. The molecule has 0 amide bonds. The zero-order valence-corrected chi connectivity index (χ0v) is 18.8. The lowest BCUT2D eigenvalue weighted by Gasteiger charge is -2.38. The Morgan fingerprint density at radius 1 is 1.06 bits per heavy atom. The highest BCUT2D eigenvalue weighted by Crippen LogP contribution is 2.30. The Morgan fingerprint density at radius 2 is 1.85 bits per heavy atom. The van der Waals surface area contributed by atoms with Gasteiger partial charge >= 0.3 is 0 Å². The minimum absolute atomic E-state index is 0.200. The van der Waals surface area contributed by atoms with E-state index < -0.39 is 5.60 Å². The molecule has 1 fully saturated rings. The molecule has 1 aliphatic rings. The first-order valence-electron chi connectivity index (χ1n) is 11.1. The third-order valence-corrected chi connectivity index (χ3v) is 5.91. The summed E-state index contributed by atoms with van der Waals surface area (Å²) >= 11 is 0. The van der Waals surface area contributed by atoms with Crippen molar-refractivity contribution < 1.29 is 23.7 Å². The van der Waals surface area contributed by atoms with Crippen LogP contribution in [0, 0.1) is 5.82 Å². The maximum atomic E-state index is 13.0. The van der Waals surface area contributed by atoms with Crippen molar-refractivity contribution in [2.45, 2.75) is 31.5 Å². The van der Waals surface area contributed by atoms with Gasteiger partial charge in [0, 0.05) is 32.0 Å². The lowest BCUT2D eigenvalue weighted by atomic mass is 9.92. The number of methoxy groups -OCH3 is 1. The van der Waals surface area contributed by atoms with Gasteiger partial charge < -0.3 is 23.9 Å². The molecule has 176 valence electrons. The van der Waals surface area contributed by atoms with Crippen molar-refractivity contribution in [3.05, 3.63) is 72.6 Å². The number of halogens is 1. The Kier molecular flexibility index (Phi) is 7.47. The maximum Gasteiger partial charge on any atom is 0.161 e. The fraction of sp³-hybridized carbons (Fsp3) is 0.400. The second kappa shape index (κ2) is 10.7. The number of ether oxygens (including phenoxy) is 3. The highest BCUT2D eigenvalue weighted by molar-refractivity contribution is 5.43. The van der Waals surface area contributed by atoms with Gasteiger partial charge in [0.05, 0.1) is 20.0 Å². The van der Waals surface area contributed by atoms with Crippen molar-refractivity contribution in [1.82, 2.24) is 14.5 Å². The highest BCUT2D eigenvalue weighted by Gasteiger charge is 2.33. The Balaban J connectivity index is 1.25. The average molecular weight is 456 g/mol. The third-order valence-electron chi connectivity index (χ3n) is 5.91. The molecule has 0 bridgehead atoms. The molecule has 0 saturated carbocycles. The molecule has 33 heavy (non-hydrogen) atoms. The molecule has 2 aromatic carbocycles. The average Bonchev–Trinajstić information content (AvgIpc) is 3.35. The Labute approximate surface area is 193 Å². The summed E-state index contributed by atoms with van der Waals surface area (Å²) in [5, 5.41) is 10.9. The number of nitrogens with zero attached hydrogens (tertiary/aromatic N) is 3. The van der Waals surface area contributed by atoms with Gasteiger partial charge in [0.25, 0.3) is 0 Å². The second-order valence-corrected chi connectivity index (χ2v) is 8.38. The molecule has 0 atom stereocenters. The summed E-state index contributed by atoms with van der Waals surface area (Å²) < 4.78 is 32.1. The SMILES string of the molecule is COc1cc(CN2CCC(O)(COc3ccc(F)cc3)CC2)ccc1OCCn1ccnc1. The van der Waals surface area contributed by atoms with E-state index in [4.69, 9.17) is 14.2 Å². The van der Waals surface area contributed by atoms with Crippen molar-refractivity contribution in [3.63, 3.8) is 0 Å². The smallest absolute Gasteiger partial charge is 0.161 e. The van der Waals surface area contributed by atoms with Gasteiger partial charge in [-0.2, -0.15) is 0 Å². The summed E-state index contributed by atoms with van der Waals surface area (Å²) in [6.07, 6.45) is 6.63. The quantitative estimate of drug-likeness (QED) is 0.505. The molecule has 2 heterocycles. The fourth-order valence-electron chi connectivity index (χ4n) is 3.89. The van der Waals surface area contributed by atoms with Crippen LogP contribution in [0.1, 0.15) is 18.4 Å². The zero-order valence-electron chi connectivity index (χ0n) is 18.8. The molecule has 1 aromatic heterocycles. The van der Waals surface area contributed by atoms with Crippen LogP contribution in [0.15, 0.2) is 61.2 Å². The number of likely N-dealkylation sites (tertiary alicyclic amines) is 1. The van der Waals surface area contributed by atoms with E-state index in [1.54, 1.807) is 31.8 Å². The van der Waals surface area contributed by atoms with Crippen molar-refractivity contribution in [3.8, 4) is 17.2 Å². The van der Waals surface area contributed by atoms with E-state index in [2.05, 4.69) is 9.88 Å². The molecular weight excluding hydrogens is 425 g/mol. The number of aliphatic hydroxyl groups is 1. The van der Waals surface area contributed by atoms with E-state index in [0.717, 1.165) is 25.2 Å². The zero-order chi connectivity index (χ0) is 23.1. The Morgan fingerprint density at radius 3 is 2.55 bits per heavy atom. The number of imidazole rings is 1. The van der Waals surface area contributed by atoms with Crippen LogP contribution in [0.2, 0.25) is 0 Å². The monoisotopic (exact) mass is 455 g/mol. The topological polar surface area (TPSA) is 69.0 Å². The Bertz CT molecular complexity index is 1000. The van der Waals surface area contributed by atoms with E-state index in [1.165, 1.54) is 12.1 Å². The molecule has 8 heteroatoms. The number of aromatic nitrogens is 2. The lowest BCUT2D eigenvalue weighted by Crippen LogP contribution is -2.47. The van der Waals surface area contributed by atoms with Crippen molar-refractivity contribution in [1.29, 1.82) is 0 Å². The lowest BCUT2D eigenvalue weighted by molar-refractivity contribution is -0.0537. The molecule has 1 N–H and O–H groups in total. The molecule has 4 rings (SSSR count). The largest absolute Gasteiger partial charge is 0.493 e. The third kappa shape index (κ3) is 6.46. The van der Waals surface area contributed by atoms with Gasteiger partial charge in [0.1, 0.15) is 30.4 Å². The summed E-state index contributed by atoms with van der Waals surface area (Å²) in [5.41, 5.74) is 0.247. The molecule has 1 aliphatic heterocycles. The highest BCUT2D eigenvalue weighted by atomic mass is 19.1. The molecule has 0 spiro atoms. The van der Waals surface area contributed by atoms with Crippen molar-refractivity contribution in [2.75, 3.05) is 33.4 Å². The first-order chi connectivity index (χ1) is 16.0. The normalized spacial score (nSPS) is 15.8. The molecule has 0 radical (unpaired) electrons. The minimum Gasteiger partial charge on any atom is -0.493 e. The molecule has 1 saturated heterocycles. The first kappa shape index (κ1) is 23.1. The molecule has 0 aliphatic carbocycles. The van der Waals surface area contributed by atoms with Gasteiger partial charge in [0.15, 0.2) is 11.5 Å². The predicted octanol–water partition coefficient (Wildman–Crippen LogP) is 3.52. The van der Waals surface area contributed by atoms with E-state index >= 15 is 0 Å². The summed E-state index contributed by atoms with van der Waals surface area (Å²) in [6.45, 7) is 3.72. The van der Waals surface area contributed by atoms with Gasteiger partial charge in [-0.3, -0.25) is 4.90 Å². The van der Waals surface area contributed by atoms with Gasteiger partial charge in [0.2, 0.25) is 0 Å². The van der Waals surface area contributed by atoms with Crippen LogP contribution in [0.4, 0.5) is 4.39 Å². The number of rotatable bonds is 10. The molecule has 3 aromatic rings. The van der Waals surface area contributed by atoms with Crippen LogP contribution >= 0.6 is 0 Å². The van der Waals surface area contributed by atoms with Crippen LogP contribution in [0.25, 0.3) is 0 Å². The fourth-order valence-corrected chi connectivity index (χ4v) is 3.89. The number of hydrogen-bond donors (Lipinski definition) is 1.